The van der Waals surface area contributed by atoms with Crippen molar-refractivity contribution in [3.05, 3.63) is 46.7 Å². The molecule has 0 saturated carbocycles. The van der Waals surface area contributed by atoms with E-state index in [0.29, 0.717) is 11.8 Å². The van der Waals surface area contributed by atoms with Crippen molar-refractivity contribution in [1.29, 1.82) is 0 Å². The molecule has 1 aliphatic heterocycles. The highest BCUT2D eigenvalue weighted by atomic mass is 32.1. The lowest BCUT2D eigenvalue weighted by Crippen LogP contribution is -2.48. The third-order valence-electron chi connectivity index (χ3n) is 4.12. The summed E-state index contributed by atoms with van der Waals surface area (Å²) in [7, 11) is 0. The standard InChI is InChI=1S/C17H22N2OS/c1-2-8-18-9-10-19(15-7-11-21-13-15)17(12-18)14-3-5-16(20)6-4-14/h3-7,11,13,17,20H,2,8-10,12H2,1H3. The maximum atomic E-state index is 9.52. The van der Waals surface area contributed by atoms with E-state index in [9.17, 15) is 5.11 Å². The van der Waals surface area contributed by atoms with Crippen LogP contribution in [0.4, 0.5) is 5.69 Å². The Labute approximate surface area is 130 Å². The van der Waals surface area contributed by atoms with Crippen LogP contribution in [0.3, 0.4) is 0 Å². The van der Waals surface area contributed by atoms with Crippen LogP contribution in [0.5, 0.6) is 5.75 Å². The van der Waals surface area contributed by atoms with Crippen LogP contribution in [0.15, 0.2) is 41.1 Å². The van der Waals surface area contributed by atoms with E-state index >= 15 is 0 Å². The highest BCUT2D eigenvalue weighted by molar-refractivity contribution is 7.08. The lowest BCUT2D eigenvalue weighted by Gasteiger charge is -2.42. The van der Waals surface area contributed by atoms with Gasteiger partial charge in [-0.2, -0.15) is 11.3 Å². The topological polar surface area (TPSA) is 26.7 Å². The van der Waals surface area contributed by atoms with Gasteiger partial charge in [-0.25, -0.2) is 0 Å². The fraction of sp³-hybridized carbons (Fsp3) is 0.412. The zero-order valence-electron chi connectivity index (χ0n) is 12.4. The van der Waals surface area contributed by atoms with Crippen LogP contribution in [0.2, 0.25) is 0 Å². The van der Waals surface area contributed by atoms with Crippen LogP contribution >= 0.6 is 11.3 Å². The van der Waals surface area contributed by atoms with E-state index in [0.717, 1.165) is 26.2 Å². The Morgan fingerprint density at radius 2 is 2.00 bits per heavy atom. The molecular weight excluding hydrogens is 280 g/mol. The number of rotatable bonds is 4. The van der Waals surface area contributed by atoms with E-state index in [1.807, 2.05) is 0 Å². The van der Waals surface area contributed by atoms with Gasteiger partial charge in [-0.1, -0.05) is 19.1 Å². The third-order valence-corrected chi connectivity index (χ3v) is 4.79. The molecule has 0 bridgehead atoms. The Morgan fingerprint density at radius 3 is 2.67 bits per heavy atom. The zero-order chi connectivity index (χ0) is 14.7. The lowest BCUT2D eigenvalue weighted by molar-refractivity contribution is 0.224. The molecular formula is C17H22N2OS. The predicted molar refractivity (Wildman–Crippen MR) is 89.2 cm³/mol. The van der Waals surface area contributed by atoms with Crippen molar-refractivity contribution < 1.29 is 5.11 Å². The van der Waals surface area contributed by atoms with Gasteiger partial charge in [0.05, 0.1) is 6.04 Å². The second kappa shape index (κ2) is 6.50. The number of aromatic hydroxyl groups is 1. The molecule has 1 aromatic heterocycles. The molecule has 0 spiro atoms. The molecule has 1 aliphatic rings. The molecule has 1 unspecified atom stereocenters. The van der Waals surface area contributed by atoms with E-state index in [2.05, 4.69) is 45.7 Å². The zero-order valence-corrected chi connectivity index (χ0v) is 13.2. The van der Waals surface area contributed by atoms with Gasteiger partial charge in [-0.3, -0.25) is 4.90 Å². The minimum Gasteiger partial charge on any atom is -0.508 e. The van der Waals surface area contributed by atoms with Gasteiger partial charge in [0, 0.05) is 30.7 Å². The van der Waals surface area contributed by atoms with Crippen molar-refractivity contribution >= 4 is 17.0 Å². The Morgan fingerprint density at radius 1 is 1.19 bits per heavy atom. The summed E-state index contributed by atoms with van der Waals surface area (Å²) < 4.78 is 0. The summed E-state index contributed by atoms with van der Waals surface area (Å²) in [6.07, 6.45) is 1.20. The van der Waals surface area contributed by atoms with E-state index in [-0.39, 0.29) is 0 Å². The smallest absolute Gasteiger partial charge is 0.115 e. The number of hydrogen-bond acceptors (Lipinski definition) is 4. The maximum absolute atomic E-state index is 9.52. The fourth-order valence-corrected chi connectivity index (χ4v) is 3.72. The van der Waals surface area contributed by atoms with Crippen molar-refractivity contribution in [2.75, 3.05) is 31.1 Å². The highest BCUT2D eigenvalue weighted by Crippen LogP contribution is 2.32. The Hall–Kier alpha value is -1.52. The molecule has 1 aromatic carbocycles. The van der Waals surface area contributed by atoms with Gasteiger partial charge >= 0.3 is 0 Å². The Balaban J connectivity index is 1.87. The van der Waals surface area contributed by atoms with Crippen molar-refractivity contribution in [2.24, 2.45) is 0 Å². The van der Waals surface area contributed by atoms with Crippen molar-refractivity contribution in [1.82, 2.24) is 4.90 Å². The summed E-state index contributed by atoms with van der Waals surface area (Å²) in [6.45, 7) is 6.63. The van der Waals surface area contributed by atoms with Gasteiger partial charge in [0.25, 0.3) is 0 Å². The van der Waals surface area contributed by atoms with Gasteiger partial charge in [0.15, 0.2) is 0 Å². The predicted octanol–water partition coefficient (Wildman–Crippen LogP) is 3.73. The van der Waals surface area contributed by atoms with E-state index in [1.165, 1.54) is 17.7 Å². The number of phenolic OH excluding ortho intramolecular Hbond substituents is 1. The molecule has 1 fully saturated rings. The molecule has 1 atom stereocenters. The van der Waals surface area contributed by atoms with Crippen LogP contribution in [0.25, 0.3) is 0 Å². The number of hydrogen-bond donors (Lipinski definition) is 1. The van der Waals surface area contributed by atoms with Crippen LogP contribution in [0.1, 0.15) is 24.9 Å². The number of benzene rings is 1. The first kappa shape index (κ1) is 14.4. The molecule has 1 N–H and O–H groups in total. The lowest BCUT2D eigenvalue weighted by atomic mass is 10.0. The monoisotopic (exact) mass is 302 g/mol. The molecule has 2 aromatic rings. The largest absolute Gasteiger partial charge is 0.508 e. The molecule has 112 valence electrons. The molecule has 0 radical (unpaired) electrons. The minimum atomic E-state index is 0.335. The summed E-state index contributed by atoms with van der Waals surface area (Å²) in [6, 6.07) is 10.2. The molecule has 2 heterocycles. The van der Waals surface area contributed by atoms with Gasteiger partial charge < -0.3 is 10.0 Å². The van der Waals surface area contributed by atoms with Gasteiger partial charge in [0.1, 0.15) is 5.75 Å². The second-order valence-electron chi connectivity index (χ2n) is 5.58. The number of phenols is 1. The van der Waals surface area contributed by atoms with Gasteiger partial charge in [0.2, 0.25) is 0 Å². The second-order valence-corrected chi connectivity index (χ2v) is 6.36. The minimum absolute atomic E-state index is 0.335. The van der Waals surface area contributed by atoms with Crippen LogP contribution < -0.4 is 4.90 Å². The average Bonchev–Trinajstić information content (AvgIpc) is 3.02. The SMILES string of the molecule is CCCN1CCN(c2ccsc2)C(c2ccc(O)cc2)C1. The summed E-state index contributed by atoms with van der Waals surface area (Å²) >= 11 is 1.75. The molecule has 4 heteroatoms. The molecule has 1 saturated heterocycles. The van der Waals surface area contributed by atoms with Gasteiger partial charge in [-0.05, 0) is 42.1 Å². The summed E-state index contributed by atoms with van der Waals surface area (Å²) in [5.41, 5.74) is 2.59. The number of thiophene rings is 1. The highest BCUT2D eigenvalue weighted by Gasteiger charge is 2.28. The first-order chi connectivity index (χ1) is 10.3. The fourth-order valence-electron chi connectivity index (χ4n) is 3.07. The van der Waals surface area contributed by atoms with E-state index in [4.69, 9.17) is 0 Å². The molecule has 3 rings (SSSR count). The third kappa shape index (κ3) is 3.22. The average molecular weight is 302 g/mol. The van der Waals surface area contributed by atoms with E-state index < -0.39 is 0 Å². The first-order valence-electron chi connectivity index (χ1n) is 7.58. The molecule has 3 nitrogen and oxygen atoms in total. The Bertz CT molecular complexity index is 553. The van der Waals surface area contributed by atoms with Crippen LogP contribution in [-0.2, 0) is 0 Å². The molecule has 21 heavy (non-hydrogen) atoms. The summed E-state index contributed by atoms with van der Waals surface area (Å²) in [5.74, 6) is 0.335. The van der Waals surface area contributed by atoms with Crippen molar-refractivity contribution in [3.8, 4) is 5.75 Å². The molecule has 0 amide bonds. The molecule has 0 aliphatic carbocycles. The quantitative estimate of drug-likeness (QED) is 0.932. The number of anilines is 1. The summed E-state index contributed by atoms with van der Waals surface area (Å²) in [5, 5.41) is 13.9. The number of nitrogens with zero attached hydrogens (tertiary/aromatic N) is 2. The van der Waals surface area contributed by atoms with Crippen LogP contribution in [-0.4, -0.2) is 36.2 Å². The first-order valence-corrected chi connectivity index (χ1v) is 8.52. The van der Waals surface area contributed by atoms with Crippen LogP contribution in [0, 0.1) is 0 Å². The normalized spacial score (nSPS) is 19.9. The van der Waals surface area contributed by atoms with Crippen molar-refractivity contribution in [2.45, 2.75) is 19.4 Å². The maximum Gasteiger partial charge on any atom is 0.115 e. The van der Waals surface area contributed by atoms with Gasteiger partial charge in [-0.15, -0.1) is 0 Å². The Kier molecular flexibility index (Phi) is 4.46. The summed E-state index contributed by atoms with van der Waals surface area (Å²) in [4.78, 5) is 5.04. The van der Waals surface area contributed by atoms with Crippen molar-refractivity contribution in [3.63, 3.8) is 0 Å². The van der Waals surface area contributed by atoms with E-state index in [1.54, 1.807) is 23.5 Å². The number of piperazine rings is 1.